The molecule has 0 aliphatic rings. The number of aliphatic imine (C=N–C) groups is 1. The van der Waals surface area contributed by atoms with Gasteiger partial charge in [-0.15, -0.1) is 0 Å². The first-order valence-corrected chi connectivity index (χ1v) is 10.4. The summed E-state index contributed by atoms with van der Waals surface area (Å²) in [6.07, 6.45) is 0.701. The first-order chi connectivity index (χ1) is 14.9. The first kappa shape index (κ1) is 22.2. The number of hydrogen-bond donors (Lipinski definition) is 2. The number of benzene rings is 2. The number of guanidine groups is 1. The molecule has 7 heteroatoms. The normalized spacial score (nSPS) is 11.5. The number of nitrogens with one attached hydrogen (secondary N) is 2. The molecule has 0 bridgehead atoms. The summed E-state index contributed by atoms with van der Waals surface area (Å²) in [4.78, 5) is 17.4. The zero-order valence-electron chi connectivity index (χ0n) is 18.4. The molecule has 0 saturated carbocycles. The lowest BCUT2D eigenvalue weighted by molar-refractivity contribution is 0.0976. The number of carbonyl (C=O) groups is 1. The molecule has 31 heavy (non-hydrogen) atoms. The van der Waals surface area contributed by atoms with Crippen LogP contribution in [0.3, 0.4) is 0 Å². The van der Waals surface area contributed by atoms with Crippen LogP contribution in [0.1, 0.15) is 39.8 Å². The van der Waals surface area contributed by atoms with Crippen LogP contribution in [0.2, 0.25) is 0 Å². The van der Waals surface area contributed by atoms with Gasteiger partial charge in [-0.1, -0.05) is 18.2 Å². The Morgan fingerprint density at radius 1 is 1.10 bits per heavy atom. The molecule has 0 fully saturated rings. The molecule has 1 heterocycles. The summed E-state index contributed by atoms with van der Waals surface area (Å²) in [5, 5.41) is 10.5. The van der Waals surface area contributed by atoms with E-state index >= 15 is 0 Å². The fourth-order valence-corrected chi connectivity index (χ4v) is 3.47. The Morgan fingerprint density at radius 3 is 2.45 bits per heavy atom. The van der Waals surface area contributed by atoms with E-state index in [0.29, 0.717) is 30.2 Å². The number of rotatable bonds is 6. The molecule has 3 aromatic rings. The van der Waals surface area contributed by atoms with Gasteiger partial charge in [0, 0.05) is 30.0 Å². The molecule has 0 saturated heterocycles. The van der Waals surface area contributed by atoms with Gasteiger partial charge in [-0.2, -0.15) is 5.10 Å². The summed E-state index contributed by atoms with van der Waals surface area (Å²) in [6.45, 7) is 9.29. The van der Waals surface area contributed by atoms with Gasteiger partial charge in [0.2, 0.25) is 5.96 Å². The maximum absolute atomic E-state index is 13.3. The van der Waals surface area contributed by atoms with Crippen LogP contribution in [0.4, 0.5) is 10.1 Å². The van der Waals surface area contributed by atoms with E-state index in [0.717, 1.165) is 29.1 Å². The number of anilines is 1. The second-order valence-electron chi connectivity index (χ2n) is 7.35. The van der Waals surface area contributed by atoms with Gasteiger partial charge in [0.25, 0.3) is 5.91 Å². The number of carbonyl (C=O) groups excluding carboxylic acids is 1. The molecule has 1 amide bonds. The summed E-state index contributed by atoms with van der Waals surface area (Å²) < 4.78 is 15.2. The van der Waals surface area contributed by atoms with Crippen LogP contribution in [0.5, 0.6) is 0 Å². The second kappa shape index (κ2) is 10.0. The van der Waals surface area contributed by atoms with E-state index < -0.39 is 0 Å². The lowest BCUT2D eigenvalue weighted by Gasteiger charge is -2.13. The van der Waals surface area contributed by atoms with Gasteiger partial charge >= 0.3 is 0 Å². The minimum atomic E-state index is -0.327. The van der Waals surface area contributed by atoms with Crippen LogP contribution in [0, 0.1) is 26.6 Å². The summed E-state index contributed by atoms with van der Waals surface area (Å²) in [5.74, 6) is -0.262. The summed E-state index contributed by atoms with van der Waals surface area (Å²) >= 11 is 0. The SMILES string of the molecule is CCn1nc(C)c(CCN=C(NC(=O)c2ccccc2C)Nc2ccc(F)cc2)c1C. The maximum Gasteiger partial charge on any atom is 0.258 e. The third-order valence-electron chi connectivity index (χ3n) is 5.19. The molecule has 0 atom stereocenters. The number of aromatic nitrogens is 2. The molecular formula is C24H28FN5O. The van der Waals surface area contributed by atoms with Gasteiger partial charge in [0.15, 0.2) is 0 Å². The molecule has 0 radical (unpaired) electrons. The molecule has 1 aromatic heterocycles. The van der Waals surface area contributed by atoms with E-state index in [4.69, 9.17) is 0 Å². The Labute approximate surface area is 182 Å². The smallest absolute Gasteiger partial charge is 0.258 e. The minimum absolute atomic E-state index is 0.252. The molecule has 6 nitrogen and oxygen atoms in total. The number of nitrogens with zero attached hydrogens (tertiary/aromatic N) is 3. The molecule has 0 spiro atoms. The highest BCUT2D eigenvalue weighted by atomic mass is 19.1. The third kappa shape index (κ3) is 5.57. The molecule has 0 aliphatic heterocycles. The lowest BCUT2D eigenvalue weighted by atomic mass is 10.1. The highest BCUT2D eigenvalue weighted by Gasteiger charge is 2.13. The molecular weight excluding hydrogens is 393 g/mol. The zero-order valence-corrected chi connectivity index (χ0v) is 18.4. The Hall–Kier alpha value is -3.48. The van der Waals surface area contributed by atoms with Crippen molar-refractivity contribution in [3.8, 4) is 0 Å². The van der Waals surface area contributed by atoms with Crippen LogP contribution >= 0.6 is 0 Å². The van der Waals surface area contributed by atoms with Crippen molar-refractivity contribution >= 4 is 17.6 Å². The van der Waals surface area contributed by atoms with E-state index in [9.17, 15) is 9.18 Å². The van der Waals surface area contributed by atoms with Crippen molar-refractivity contribution in [2.24, 2.45) is 4.99 Å². The van der Waals surface area contributed by atoms with Gasteiger partial charge in [-0.05, 0) is 75.6 Å². The van der Waals surface area contributed by atoms with Gasteiger partial charge in [0.1, 0.15) is 5.82 Å². The van der Waals surface area contributed by atoms with Crippen molar-refractivity contribution in [1.82, 2.24) is 15.1 Å². The van der Waals surface area contributed by atoms with Gasteiger partial charge in [-0.3, -0.25) is 19.8 Å². The number of halogens is 1. The van der Waals surface area contributed by atoms with Gasteiger partial charge in [-0.25, -0.2) is 4.39 Å². The topological polar surface area (TPSA) is 71.3 Å². The first-order valence-electron chi connectivity index (χ1n) is 10.4. The molecule has 3 rings (SSSR count). The average molecular weight is 422 g/mol. The van der Waals surface area contributed by atoms with Crippen molar-refractivity contribution in [2.75, 3.05) is 11.9 Å². The average Bonchev–Trinajstić information content (AvgIpc) is 3.03. The predicted molar refractivity (Wildman–Crippen MR) is 122 cm³/mol. The molecule has 2 N–H and O–H groups in total. The molecule has 2 aromatic carbocycles. The van der Waals surface area contributed by atoms with Gasteiger partial charge in [0.05, 0.1) is 5.69 Å². The Kier molecular flexibility index (Phi) is 7.18. The summed E-state index contributed by atoms with van der Waals surface area (Å²) in [5.41, 5.74) is 5.37. The van der Waals surface area contributed by atoms with Crippen molar-refractivity contribution in [3.63, 3.8) is 0 Å². The van der Waals surface area contributed by atoms with Crippen LogP contribution < -0.4 is 10.6 Å². The van der Waals surface area contributed by atoms with E-state index in [-0.39, 0.29) is 11.7 Å². The standard InChI is InChI=1S/C24H28FN5O/c1-5-30-18(4)22(17(3)29-30)14-15-26-24(27-20-12-10-19(25)11-13-20)28-23(31)21-9-7-6-8-16(21)2/h6-13H,5,14-15H2,1-4H3,(H2,26,27,28,31). The highest BCUT2D eigenvalue weighted by Crippen LogP contribution is 2.14. The highest BCUT2D eigenvalue weighted by molar-refractivity contribution is 6.10. The van der Waals surface area contributed by atoms with E-state index in [2.05, 4.69) is 34.6 Å². The maximum atomic E-state index is 13.3. The fourth-order valence-electron chi connectivity index (χ4n) is 3.47. The molecule has 162 valence electrons. The Morgan fingerprint density at radius 2 is 1.81 bits per heavy atom. The zero-order chi connectivity index (χ0) is 22.4. The number of amides is 1. The van der Waals surface area contributed by atoms with Crippen molar-refractivity contribution in [3.05, 3.63) is 82.4 Å². The Balaban J connectivity index is 1.79. The van der Waals surface area contributed by atoms with E-state index in [1.165, 1.54) is 12.1 Å². The van der Waals surface area contributed by atoms with Crippen LogP contribution in [-0.4, -0.2) is 28.2 Å². The minimum Gasteiger partial charge on any atom is -0.326 e. The Bertz CT molecular complexity index is 1090. The fraction of sp³-hybridized carbons (Fsp3) is 0.292. The van der Waals surface area contributed by atoms with E-state index in [1.54, 1.807) is 18.2 Å². The van der Waals surface area contributed by atoms with Gasteiger partial charge < -0.3 is 5.32 Å². The molecule has 0 aliphatic carbocycles. The van der Waals surface area contributed by atoms with Crippen LogP contribution in [0.15, 0.2) is 53.5 Å². The van der Waals surface area contributed by atoms with Crippen molar-refractivity contribution < 1.29 is 9.18 Å². The largest absolute Gasteiger partial charge is 0.326 e. The predicted octanol–water partition coefficient (Wildman–Crippen LogP) is 4.41. The van der Waals surface area contributed by atoms with Crippen LogP contribution in [-0.2, 0) is 13.0 Å². The summed E-state index contributed by atoms with van der Waals surface area (Å²) in [7, 11) is 0. The second-order valence-corrected chi connectivity index (χ2v) is 7.35. The van der Waals surface area contributed by atoms with Crippen molar-refractivity contribution in [1.29, 1.82) is 0 Å². The molecule has 0 unspecified atom stereocenters. The van der Waals surface area contributed by atoms with E-state index in [1.807, 2.05) is 36.7 Å². The van der Waals surface area contributed by atoms with Crippen LogP contribution in [0.25, 0.3) is 0 Å². The third-order valence-corrected chi connectivity index (χ3v) is 5.19. The monoisotopic (exact) mass is 421 g/mol. The lowest BCUT2D eigenvalue weighted by Crippen LogP contribution is -2.36. The van der Waals surface area contributed by atoms with Crippen molar-refractivity contribution in [2.45, 2.75) is 40.7 Å². The summed E-state index contributed by atoms with van der Waals surface area (Å²) in [6, 6.07) is 13.3. The quantitative estimate of drug-likeness (QED) is 0.458. The number of aryl methyl sites for hydroxylation is 3. The number of hydrogen-bond acceptors (Lipinski definition) is 3.